The van der Waals surface area contributed by atoms with E-state index in [9.17, 15) is 9.18 Å². The highest BCUT2D eigenvalue weighted by molar-refractivity contribution is 5.79. The molecule has 1 aromatic rings. The fourth-order valence-electron chi connectivity index (χ4n) is 1.10. The van der Waals surface area contributed by atoms with E-state index in [1.54, 1.807) is 6.07 Å². The van der Waals surface area contributed by atoms with Gasteiger partial charge in [0.1, 0.15) is 24.3 Å². The SMILES string of the molecule is O=Cc1c(F)cccc1OC[C@H]1CO1. The molecule has 14 heavy (non-hydrogen) atoms. The molecule has 0 unspecified atom stereocenters. The average Bonchev–Trinajstić information content (AvgIpc) is 2.98. The summed E-state index contributed by atoms with van der Waals surface area (Å²) in [6.07, 6.45) is 0.552. The second-order valence-electron chi connectivity index (χ2n) is 3.04. The molecule has 3 nitrogen and oxygen atoms in total. The van der Waals surface area contributed by atoms with E-state index in [1.165, 1.54) is 12.1 Å². The van der Waals surface area contributed by atoms with Gasteiger partial charge < -0.3 is 9.47 Å². The normalized spacial score (nSPS) is 19.1. The van der Waals surface area contributed by atoms with Gasteiger partial charge in [0.05, 0.1) is 12.2 Å². The third kappa shape index (κ3) is 1.90. The minimum atomic E-state index is -0.561. The van der Waals surface area contributed by atoms with Crippen LogP contribution < -0.4 is 4.74 Å². The molecule has 1 fully saturated rings. The van der Waals surface area contributed by atoms with Crippen LogP contribution in [0.2, 0.25) is 0 Å². The van der Waals surface area contributed by atoms with Crippen LogP contribution in [0.4, 0.5) is 4.39 Å². The fraction of sp³-hybridized carbons (Fsp3) is 0.300. The Hall–Kier alpha value is -1.42. The van der Waals surface area contributed by atoms with Crippen LogP contribution >= 0.6 is 0 Å². The summed E-state index contributed by atoms with van der Waals surface area (Å²) in [4.78, 5) is 10.6. The van der Waals surface area contributed by atoms with Crippen LogP contribution in [0.25, 0.3) is 0 Å². The number of hydrogen-bond acceptors (Lipinski definition) is 3. The van der Waals surface area contributed by atoms with E-state index in [1.807, 2.05) is 0 Å². The van der Waals surface area contributed by atoms with Crippen molar-refractivity contribution in [3.8, 4) is 5.75 Å². The van der Waals surface area contributed by atoms with Crippen molar-refractivity contribution in [3.63, 3.8) is 0 Å². The smallest absolute Gasteiger partial charge is 0.156 e. The molecule has 1 saturated heterocycles. The zero-order valence-corrected chi connectivity index (χ0v) is 7.40. The highest BCUT2D eigenvalue weighted by Crippen LogP contribution is 2.21. The number of aldehydes is 1. The summed E-state index contributed by atoms with van der Waals surface area (Å²) in [7, 11) is 0. The van der Waals surface area contributed by atoms with Crippen molar-refractivity contribution in [2.45, 2.75) is 6.10 Å². The van der Waals surface area contributed by atoms with Gasteiger partial charge in [-0.05, 0) is 12.1 Å². The second kappa shape index (κ2) is 3.75. The maximum absolute atomic E-state index is 13.0. The Morgan fingerprint density at radius 1 is 1.64 bits per heavy atom. The molecule has 0 radical (unpaired) electrons. The average molecular weight is 196 g/mol. The molecule has 1 atom stereocenters. The number of carbonyl (C=O) groups is 1. The summed E-state index contributed by atoms with van der Waals surface area (Å²) in [5.74, 6) is -0.287. The Morgan fingerprint density at radius 2 is 2.43 bits per heavy atom. The second-order valence-corrected chi connectivity index (χ2v) is 3.04. The van der Waals surface area contributed by atoms with Crippen LogP contribution in [0.1, 0.15) is 10.4 Å². The topological polar surface area (TPSA) is 38.8 Å². The van der Waals surface area contributed by atoms with Gasteiger partial charge in [-0.3, -0.25) is 4.79 Å². The number of benzene rings is 1. The fourth-order valence-corrected chi connectivity index (χ4v) is 1.10. The first-order valence-corrected chi connectivity index (χ1v) is 4.29. The molecule has 1 heterocycles. The summed E-state index contributed by atoms with van der Waals surface area (Å²) in [6.45, 7) is 1.04. The van der Waals surface area contributed by atoms with Crippen molar-refractivity contribution >= 4 is 6.29 Å². The first-order valence-electron chi connectivity index (χ1n) is 4.29. The van der Waals surface area contributed by atoms with Crippen molar-refractivity contribution < 1.29 is 18.7 Å². The van der Waals surface area contributed by atoms with Gasteiger partial charge in [0.25, 0.3) is 0 Å². The van der Waals surface area contributed by atoms with Gasteiger partial charge in [0, 0.05) is 0 Å². The minimum absolute atomic E-state index is 0.0341. The van der Waals surface area contributed by atoms with Gasteiger partial charge in [-0.25, -0.2) is 4.39 Å². The summed E-state index contributed by atoms with van der Waals surface area (Å²) >= 11 is 0. The quantitative estimate of drug-likeness (QED) is 0.540. The number of halogens is 1. The standard InChI is InChI=1S/C10H9FO3/c11-9-2-1-3-10(8(9)4-12)14-6-7-5-13-7/h1-4,7H,5-6H2/t7-/m1/s1. The zero-order chi connectivity index (χ0) is 9.97. The van der Waals surface area contributed by atoms with Gasteiger partial charge in [-0.2, -0.15) is 0 Å². The van der Waals surface area contributed by atoms with E-state index in [4.69, 9.17) is 9.47 Å². The molecule has 1 aliphatic rings. The number of ether oxygens (including phenoxy) is 2. The van der Waals surface area contributed by atoms with Crippen LogP contribution in [0.3, 0.4) is 0 Å². The lowest BCUT2D eigenvalue weighted by Gasteiger charge is -2.06. The molecule has 0 amide bonds. The van der Waals surface area contributed by atoms with Crippen molar-refractivity contribution in [2.24, 2.45) is 0 Å². The molecule has 1 aromatic carbocycles. The van der Waals surface area contributed by atoms with Crippen LogP contribution in [-0.2, 0) is 4.74 Å². The number of hydrogen-bond donors (Lipinski definition) is 0. The summed E-state index contributed by atoms with van der Waals surface area (Å²) in [6, 6.07) is 4.30. The van der Waals surface area contributed by atoms with E-state index in [-0.39, 0.29) is 17.4 Å². The van der Waals surface area contributed by atoms with Crippen molar-refractivity contribution in [3.05, 3.63) is 29.6 Å². The zero-order valence-electron chi connectivity index (χ0n) is 7.40. The Balaban J connectivity index is 2.13. The highest BCUT2D eigenvalue weighted by atomic mass is 19.1. The Bertz CT molecular complexity index is 347. The van der Waals surface area contributed by atoms with E-state index >= 15 is 0 Å². The minimum Gasteiger partial charge on any atom is -0.490 e. The van der Waals surface area contributed by atoms with Crippen LogP contribution in [0, 0.1) is 5.82 Å². The van der Waals surface area contributed by atoms with Gasteiger partial charge in [-0.1, -0.05) is 6.07 Å². The molecule has 0 bridgehead atoms. The maximum Gasteiger partial charge on any atom is 0.156 e. The number of rotatable bonds is 4. The summed E-state index contributed by atoms with van der Waals surface area (Å²) in [5, 5.41) is 0. The first kappa shape index (κ1) is 9.15. The van der Waals surface area contributed by atoms with Crippen molar-refractivity contribution in [2.75, 3.05) is 13.2 Å². The molecule has 2 rings (SSSR count). The number of epoxide rings is 1. The van der Waals surface area contributed by atoms with E-state index in [2.05, 4.69) is 0 Å². The molecule has 74 valence electrons. The molecule has 0 aliphatic carbocycles. The van der Waals surface area contributed by atoms with Crippen molar-refractivity contribution in [1.82, 2.24) is 0 Å². The van der Waals surface area contributed by atoms with Gasteiger partial charge in [0.15, 0.2) is 6.29 Å². The molecule has 4 heteroatoms. The molecular formula is C10H9FO3. The van der Waals surface area contributed by atoms with E-state index < -0.39 is 5.82 Å². The lowest BCUT2D eigenvalue weighted by molar-refractivity contribution is 0.111. The van der Waals surface area contributed by atoms with Crippen molar-refractivity contribution in [1.29, 1.82) is 0 Å². The largest absolute Gasteiger partial charge is 0.490 e. The Kier molecular flexibility index (Phi) is 2.45. The molecule has 0 saturated carbocycles. The van der Waals surface area contributed by atoms with E-state index in [0.717, 1.165) is 0 Å². The van der Waals surface area contributed by atoms with Gasteiger partial charge in [-0.15, -0.1) is 0 Å². The summed E-state index contributed by atoms with van der Waals surface area (Å²) in [5.41, 5.74) is -0.0341. The molecular weight excluding hydrogens is 187 g/mol. The Morgan fingerprint density at radius 3 is 3.07 bits per heavy atom. The van der Waals surface area contributed by atoms with Gasteiger partial charge >= 0.3 is 0 Å². The summed E-state index contributed by atoms with van der Waals surface area (Å²) < 4.78 is 23.2. The molecule has 1 aliphatic heterocycles. The highest BCUT2D eigenvalue weighted by Gasteiger charge is 2.23. The van der Waals surface area contributed by atoms with Crippen LogP contribution in [0.15, 0.2) is 18.2 Å². The monoisotopic (exact) mass is 196 g/mol. The van der Waals surface area contributed by atoms with Gasteiger partial charge in [0.2, 0.25) is 0 Å². The van der Waals surface area contributed by atoms with Crippen LogP contribution in [-0.4, -0.2) is 25.6 Å². The Labute approximate surface area is 80.4 Å². The lowest BCUT2D eigenvalue weighted by atomic mass is 10.2. The molecule has 0 N–H and O–H groups in total. The third-order valence-electron chi connectivity index (χ3n) is 1.96. The predicted molar refractivity (Wildman–Crippen MR) is 47.0 cm³/mol. The van der Waals surface area contributed by atoms with E-state index in [0.29, 0.717) is 19.5 Å². The first-order chi connectivity index (χ1) is 6.81. The maximum atomic E-state index is 13.0. The number of carbonyl (C=O) groups excluding carboxylic acids is 1. The molecule has 0 aromatic heterocycles. The molecule has 0 spiro atoms. The predicted octanol–water partition coefficient (Wildman–Crippen LogP) is 1.42. The van der Waals surface area contributed by atoms with Crippen LogP contribution in [0.5, 0.6) is 5.75 Å². The lowest BCUT2D eigenvalue weighted by Crippen LogP contribution is -2.06. The third-order valence-corrected chi connectivity index (χ3v) is 1.96.